The largest absolute Gasteiger partial charge is 0.476 e. The van der Waals surface area contributed by atoms with Crippen LogP contribution in [0.4, 0.5) is 0 Å². The summed E-state index contributed by atoms with van der Waals surface area (Å²) in [7, 11) is -4.16. The maximum absolute atomic E-state index is 14.3. The Morgan fingerprint density at radius 3 is 2.14 bits per heavy atom. The number of rotatable bonds is 13. The molecule has 1 unspecified atom stereocenters. The number of carbonyl (C=O) groups is 2. The molecular weight excluding hydrogens is 673 g/mol. The van der Waals surface area contributed by atoms with Crippen molar-refractivity contribution in [3.8, 4) is 5.75 Å². The third-order valence-electron chi connectivity index (χ3n) is 12.4. The lowest BCUT2D eigenvalue weighted by Gasteiger charge is -2.46. The van der Waals surface area contributed by atoms with Gasteiger partial charge >= 0.3 is 11.9 Å². The van der Waals surface area contributed by atoms with Gasteiger partial charge in [-0.1, -0.05) is 98.2 Å². The van der Waals surface area contributed by atoms with E-state index in [0.29, 0.717) is 25.0 Å². The van der Waals surface area contributed by atoms with E-state index in [1.807, 2.05) is 37.3 Å². The Bertz CT molecular complexity index is 1410. The van der Waals surface area contributed by atoms with Gasteiger partial charge < -0.3 is 23.1 Å². The molecule has 0 saturated carbocycles. The molecule has 51 heavy (non-hydrogen) atoms. The molecule has 0 N–H and O–H groups in total. The molecule has 8 atom stereocenters. The zero-order chi connectivity index (χ0) is 38.0. The highest BCUT2D eigenvalue weighted by Crippen LogP contribution is 2.47. The second-order valence-electron chi connectivity index (χ2n) is 18.7. The summed E-state index contributed by atoms with van der Waals surface area (Å²) in [6.45, 7) is 28.7. The molecule has 1 aliphatic heterocycles. The minimum atomic E-state index is -2.12. The van der Waals surface area contributed by atoms with Gasteiger partial charge in [0.2, 0.25) is 5.60 Å². The van der Waals surface area contributed by atoms with Crippen molar-refractivity contribution in [2.45, 2.75) is 174 Å². The lowest BCUT2D eigenvalue weighted by Crippen LogP contribution is -2.51. The molecule has 0 spiro atoms. The maximum Gasteiger partial charge on any atom is 0.350 e. The number of benzene rings is 1. The molecule has 0 radical (unpaired) electrons. The standard InChI is InChI=1S/C42H68O7Si2/c1-14-24-42(9,47-31-18-16-15-17-19-31)39(44)46-36-27-33(48-50(10,11)40(3,4)5)25-30-21-20-29(2)35(38(30)36)23-22-32-26-34(28-37(43)45-32)49-51(12,13)41(6,7)8/h15-21,25,29,32-36,38H,14,22-24,26-28H2,1-13H3/t29-,32+,33+,34+,35-,36-,38-,42?/m0/s1. The Hall–Kier alpha value is -2.21. The number of carbonyl (C=O) groups excluding carboxylic acids is 2. The lowest BCUT2D eigenvalue weighted by atomic mass is 9.66. The van der Waals surface area contributed by atoms with Crippen LogP contribution in [-0.4, -0.2) is 58.6 Å². The maximum atomic E-state index is 14.3. The van der Waals surface area contributed by atoms with Crippen LogP contribution in [0.3, 0.4) is 0 Å². The van der Waals surface area contributed by atoms with Crippen LogP contribution >= 0.6 is 0 Å². The number of cyclic esters (lactones) is 1. The van der Waals surface area contributed by atoms with Gasteiger partial charge in [0.15, 0.2) is 16.6 Å². The molecule has 3 aliphatic rings. The summed E-state index contributed by atoms with van der Waals surface area (Å²) < 4.78 is 32.7. The first-order valence-corrected chi connectivity index (χ1v) is 25.3. The van der Waals surface area contributed by atoms with Crippen molar-refractivity contribution in [1.82, 2.24) is 0 Å². The summed E-state index contributed by atoms with van der Waals surface area (Å²) in [6, 6.07) is 9.54. The van der Waals surface area contributed by atoms with E-state index in [-0.39, 0.29) is 64.2 Å². The predicted molar refractivity (Wildman–Crippen MR) is 211 cm³/mol. The fraction of sp³-hybridized carbons (Fsp3) is 0.714. The van der Waals surface area contributed by atoms with Crippen molar-refractivity contribution < 1.29 is 32.7 Å². The monoisotopic (exact) mass is 740 g/mol. The number of fused-ring (bicyclic) bond motifs is 1. The van der Waals surface area contributed by atoms with Gasteiger partial charge in [0.05, 0.1) is 18.6 Å². The molecule has 1 aromatic carbocycles. The predicted octanol–water partition coefficient (Wildman–Crippen LogP) is 10.6. The van der Waals surface area contributed by atoms with E-state index in [9.17, 15) is 9.59 Å². The van der Waals surface area contributed by atoms with Crippen LogP contribution in [0.15, 0.2) is 54.1 Å². The van der Waals surface area contributed by atoms with Crippen LogP contribution in [0.5, 0.6) is 5.75 Å². The number of hydrogen-bond donors (Lipinski definition) is 0. The van der Waals surface area contributed by atoms with E-state index in [4.69, 9.17) is 23.1 Å². The van der Waals surface area contributed by atoms with Gasteiger partial charge in [-0.05, 0) is 92.0 Å². The Balaban J connectivity index is 1.60. The van der Waals surface area contributed by atoms with Gasteiger partial charge in [0.25, 0.3) is 0 Å². The first-order valence-electron chi connectivity index (χ1n) is 19.5. The van der Waals surface area contributed by atoms with Gasteiger partial charge in [0.1, 0.15) is 18.0 Å². The smallest absolute Gasteiger partial charge is 0.350 e. The van der Waals surface area contributed by atoms with E-state index in [1.54, 1.807) is 0 Å². The summed E-state index contributed by atoms with van der Waals surface area (Å²) in [6.07, 6.45) is 10.5. The van der Waals surface area contributed by atoms with Crippen LogP contribution in [0, 0.1) is 17.8 Å². The highest BCUT2D eigenvalue weighted by atomic mass is 28.4. The van der Waals surface area contributed by atoms with Crippen molar-refractivity contribution in [1.29, 1.82) is 0 Å². The van der Waals surface area contributed by atoms with E-state index >= 15 is 0 Å². The first kappa shape index (κ1) is 41.5. The fourth-order valence-electron chi connectivity index (χ4n) is 7.37. The van der Waals surface area contributed by atoms with Gasteiger partial charge in [-0.3, -0.25) is 4.79 Å². The van der Waals surface area contributed by atoms with Crippen molar-refractivity contribution in [2.75, 3.05) is 0 Å². The van der Waals surface area contributed by atoms with Crippen LogP contribution in [0.25, 0.3) is 0 Å². The summed E-state index contributed by atoms with van der Waals surface area (Å²) in [5.41, 5.74) is 0.0423. The Kier molecular flexibility index (Phi) is 13.1. The van der Waals surface area contributed by atoms with Crippen LogP contribution in [0.1, 0.15) is 107 Å². The molecule has 4 rings (SSSR count). The SMILES string of the molecule is CCCC(C)(Oc1ccccc1)C(=O)O[C@H]1C[C@H](O[Si](C)(C)C(C)(C)C)C=C2C=C[C@H](C)[C@H](CC[C@@H]3C[C@@H](O[Si](C)(C)C(C)(C)C)CC(=O)O3)[C@H]21. The molecular formula is C42H68O7Si2. The van der Waals surface area contributed by atoms with Crippen LogP contribution < -0.4 is 4.74 Å². The summed E-state index contributed by atoms with van der Waals surface area (Å²) in [4.78, 5) is 27.2. The molecule has 1 saturated heterocycles. The minimum absolute atomic E-state index is 0.00520. The van der Waals surface area contributed by atoms with E-state index in [0.717, 1.165) is 25.7 Å². The molecule has 1 aromatic rings. The fourth-order valence-corrected chi connectivity index (χ4v) is 10.0. The first-order chi connectivity index (χ1) is 23.5. The van der Waals surface area contributed by atoms with Gasteiger partial charge in [-0.25, -0.2) is 4.79 Å². The quantitative estimate of drug-likeness (QED) is 0.147. The summed E-state index contributed by atoms with van der Waals surface area (Å²) in [5.74, 6) is 0.593. The van der Waals surface area contributed by atoms with Gasteiger partial charge in [-0.2, -0.15) is 0 Å². The average Bonchev–Trinajstić information content (AvgIpc) is 2.99. The minimum Gasteiger partial charge on any atom is -0.476 e. The molecule has 9 heteroatoms. The van der Waals surface area contributed by atoms with Crippen LogP contribution in [0.2, 0.25) is 36.3 Å². The molecule has 0 amide bonds. The second-order valence-corrected chi connectivity index (χ2v) is 28.2. The lowest BCUT2D eigenvalue weighted by molar-refractivity contribution is -0.173. The zero-order valence-corrected chi connectivity index (χ0v) is 36.0. The normalized spacial score (nSPS) is 28.6. The number of hydrogen-bond acceptors (Lipinski definition) is 7. The van der Waals surface area contributed by atoms with Crippen molar-refractivity contribution in [3.63, 3.8) is 0 Å². The molecule has 0 aromatic heterocycles. The Morgan fingerprint density at radius 2 is 1.53 bits per heavy atom. The third-order valence-corrected chi connectivity index (χ3v) is 21.5. The highest BCUT2D eigenvalue weighted by molar-refractivity contribution is 6.74. The Morgan fingerprint density at radius 1 is 0.902 bits per heavy atom. The second kappa shape index (κ2) is 16.0. The molecule has 1 heterocycles. The molecule has 7 nitrogen and oxygen atoms in total. The zero-order valence-electron chi connectivity index (χ0n) is 34.0. The molecule has 0 bridgehead atoms. The number of ether oxygens (including phenoxy) is 3. The Labute approximate surface area is 311 Å². The topological polar surface area (TPSA) is 80.3 Å². The number of allylic oxidation sites excluding steroid dienone is 2. The number of esters is 2. The summed E-state index contributed by atoms with van der Waals surface area (Å²) >= 11 is 0. The highest BCUT2D eigenvalue weighted by Gasteiger charge is 2.48. The van der Waals surface area contributed by atoms with Gasteiger partial charge in [0, 0.05) is 18.8 Å². The van der Waals surface area contributed by atoms with Crippen molar-refractivity contribution in [2.24, 2.45) is 17.8 Å². The molecule has 2 aliphatic carbocycles. The average molecular weight is 741 g/mol. The van der Waals surface area contributed by atoms with Crippen LogP contribution in [-0.2, 0) is 27.9 Å². The van der Waals surface area contributed by atoms with E-state index < -0.39 is 22.2 Å². The van der Waals surface area contributed by atoms with Crippen molar-refractivity contribution >= 4 is 28.6 Å². The third kappa shape index (κ3) is 10.3. The number of para-hydroxylation sites is 1. The summed E-state index contributed by atoms with van der Waals surface area (Å²) in [5, 5.41) is 0.107. The van der Waals surface area contributed by atoms with Crippen molar-refractivity contribution in [3.05, 3.63) is 54.1 Å². The molecule has 1 fully saturated rings. The van der Waals surface area contributed by atoms with E-state index in [2.05, 4.69) is 99.8 Å². The van der Waals surface area contributed by atoms with E-state index in [1.165, 1.54) is 5.57 Å². The van der Waals surface area contributed by atoms with Gasteiger partial charge in [-0.15, -0.1) is 0 Å². The molecule has 286 valence electrons.